The second-order valence-corrected chi connectivity index (χ2v) is 11.8. The number of carbonyl (C=O) groups is 2. The van der Waals surface area contributed by atoms with Gasteiger partial charge in [0.15, 0.2) is 5.78 Å². The number of ether oxygens (including phenoxy) is 2. The lowest BCUT2D eigenvalue weighted by molar-refractivity contribution is -0.0440. The predicted octanol–water partition coefficient (Wildman–Crippen LogP) is 4.79. The molecule has 1 aliphatic heterocycles. The van der Waals surface area contributed by atoms with E-state index in [0.29, 0.717) is 28.1 Å². The number of benzene rings is 3. The number of furan rings is 1. The highest BCUT2D eigenvalue weighted by molar-refractivity contribution is 7.89. The minimum Gasteiger partial charge on any atom is -0.497 e. The lowest BCUT2D eigenvalue weighted by Gasteiger charge is -2.34. The molecule has 10 nitrogen and oxygen atoms in total. The fraction of sp³-hybridized carbons (Fsp3) is 0.267. The zero-order valence-corrected chi connectivity index (χ0v) is 23.7. The maximum Gasteiger partial charge on any atom is 0.293 e. The quantitative estimate of drug-likeness (QED) is 0.272. The molecule has 0 bridgehead atoms. The monoisotopic (exact) mass is 577 g/mol. The van der Waals surface area contributed by atoms with Gasteiger partial charge in [-0.2, -0.15) is 4.31 Å². The standard InChI is InChI=1S/C30H31N3O7S/c1-19-17-33(18-20(2)39-19)41(36,37)24-8-6-7-21(15-24)26(34)16-31-28-25-9-4-5-10-27(25)40-29(28)30(35)32-22-11-13-23(38-3)14-12-22/h4-15,19-20,31H,16-18H2,1-3H3,(H,32,35). The molecule has 214 valence electrons. The summed E-state index contributed by atoms with van der Waals surface area (Å²) >= 11 is 0. The summed E-state index contributed by atoms with van der Waals surface area (Å²) in [6.45, 7) is 3.94. The Morgan fingerprint density at radius 3 is 2.39 bits per heavy atom. The Hall–Kier alpha value is -4.19. The van der Waals surface area contributed by atoms with Crippen molar-refractivity contribution in [2.75, 3.05) is 37.4 Å². The molecule has 1 aliphatic rings. The van der Waals surface area contributed by atoms with E-state index in [9.17, 15) is 18.0 Å². The van der Waals surface area contributed by atoms with Crippen LogP contribution in [0.4, 0.5) is 11.4 Å². The SMILES string of the molecule is COc1ccc(NC(=O)c2oc3ccccc3c2NCC(=O)c2cccc(S(=O)(=O)N3CC(C)OC(C)C3)c2)cc1. The largest absolute Gasteiger partial charge is 0.497 e. The molecule has 1 amide bonds. The number of fused-ring (bicyclic) bond motifs is 1. The minimum atomic E-state index is -3.82. The fourth-order valence-corrected chi connectivity index (χ4v) is 6.46. The number of morpholine rings is 1. The first kappa shape index (κ1) is 28.3. The lowest BCUT2D eigenvalue weighted by atomic mass is 10.1. The van der Waals surface area contributed by atoms with E-state index in [1.54, 1.807) is 67.8 Å². The molecular weight excluding hydrogens is 546 g/mol. The van der Waals surface area contributed by atoms with Crippen molar-refractivity contribution in [1.29, 1.82) is 0 Å². The third kappa shape index (κ3) is 6.12. The van der Waals surface area contributed by atoms with Crippen LogP contribution in [0.5, 0.6) is 5.75 Å². The van der Waals surface area contributed by atoms with Crippen LogP contribution in [0.15, 0.2) is 82.1 Å². The van der Waals surface area contributed by atoms with Crippen LogP contribution in [0, 0.1) is 0 Å². The van der Waals surface area contributed by atoms with Gasteiger partial charge in [0.05, 0.1) is 36.4 Å². The maximum absolute atomic E-state index is 13.3. The first-order chi connectivity index (χ1) is 19.7. The first-order valence-electron chi connectivity index (χ1n) is 13.2. The van der Waals surface area contributed by atoms with Crippen molar-refractivity contribution in [2.24, 2.45) is 0 Å². The summed E-state index contributed by atoms with van der Waals surface area (Å²) in [5.41, 5.74) is 1.61. The van der Waals surface area contributed by atoms with Crippen LogP contribution in [-0.4, -0.2) is 63.4 Å². The topological polar surface area (TPSA) is 127 Å². The number of nitrogens with zero attached hydrogens (tertiary/aromatic N) is 1. The van der Waals surface area contributed by atoms with Crippen LogP contribution < -0.4 is 15.4 Å². The van der Waals surface area contributed by atoms with Crippen molar-refractivity contribution in [3.05, 3.63) is 84.1 Å². The molecule has 0 aliphatic carbocycles. The van der Waals surface area contributed by atoms with Gasteiger partial charge in [-0.15, -0.1) is 0 Å². The second kappa shape index (κ2) is 11.7. The van der Waals surface area contributed by atoms with Crippen LogP contribution >= 0.6 is 0 Å². The van der Waals surface area contributed by atoms with Gasteiger partial charge in [0.1, 0.15) is 11.3 Å². The van der Waals surface area contributed by atoms with Gasteiger partial charge in [0.25, 0.3) is 5.91 Å². The highest BCUT2D eigenvalue weighted by Gasteiger charge is 2.32. The average molecular weight is 578 g/mol. The molecule has 2 atom stereocenters. The molecule has 1 aromatic heterocycles. The first-order valence-corrected chi connectivity index (χ1v) is 14.6. The Labute approximate surface area is 238 Å². The summed E-state index contributed by atoms with van der Waals surface area (Å²) in [6.07, 6.45) is -0.466. The van der Waals surface area contributed by atoms with E-state index in [4.69, 9.17) is 13.9 Å². The molecular formula is C30H31N3O7S. The highest BCUT2D eigenvalue weighted by Crippen LogP contribution is 2.32. The van der Waals surface area contributed by atoms with Crippen LogP contribution in [0.3, 0.4) is 0 Å². The number of hydrogen-bond donors (Lipinski definition) is 2. The van der Waals surface area contributed by atoms with Crippen molar-refractivity contribution in [1.82, 2.24) is 4.31 Å². The number of nitrogens with one attached hydrogen (secondary N) is 2. The van der Waals surface area contributed by atoms with E-state index in [0.717, 1.165) is 0 Å². The lowest BCUT2D eigenvalue weighted by Crippen LogP contribution is -2.48. The number of carbonyl (C=O) groups excluding carboxylic acids is 2. The molecule has 2 heterocycles. The third-order valence-corrected chi connectivity index (χ3v) is 8.58. The molecule has 0 saturated carbocycles. The van der Waals surface area contributed by atoms with Gasteiger partial charge < -0.3 is 24.5 Å². The molecule has 3 aromatic carbocycles. The smallest absolute Gasteiger partial charge is 0.293 e. The Morgan fingerprint density at radius 1 is 0.976 bits per heavy atom. The highest BCUT2D eigenvalue weighted by atomic mass is 32.2. The summed E-state index contributed by atoms with van der Waals surface area (Å²) in [4.78, 5) is 26.5. The minimum absolute atomic E-state index is 0.0155. The summed E-state index contributed by atoms with van der Waals surface area (Å²) in [5, 5.41) is 6.48. The van der Waals surface area contributed by atoms with Gasteiger partial charge in [0.2, 0.25) is 15.8 Å². The summed E-state index contributed by atoms with van der Waals surface area (Å²) in [5.74, 6) is -0.179. The summed E-state index contributed by atoms with van der Waals surface area (Å²) in [6, 6.07) is 19.9. The average Bonchev–Trinajstić information content (AvgIpc) is 3.34. The number of amides is 1. The maximum atomic E-state index is 13.3. The van der Waals surface area contributed by atoms with Gasteiger partial charge in [0, 0.05) is 29.7 Å². The third-order valence-electron chi connectivity index (χ3n) is 6.76. The normalized spacial score (nSPS) is 17.7. The van der Waals surface area contributed by atoms with Crippen LogP contribution in [-0.2, 0) is 14.8 Å². The van der Waals surface area contributed by atoms with E-state index in [1.807, 2.05) is 13.8 Å². The van der Waals surface area contributed by atoms with E-state index in [1.165, 1.54) is 16.4 Å². The number of sulfonamides is 1. The summed E-state index contributed by atoms with van der Waals surface area (Å²) < 4.78 is 44.7. The molecule has 1 saturated heterocycles. The Bertz CT molecular complexity index is 1670. The molecule has 41 heavy (non-hydrogen) atoms. The van der Waals surface area contributed by atoms with E-state index >= 15 is 0 Å². The predicted molar refractivity (Wildman–Crippen MR) is 155 cm³/mol. The number of rotatable bonds is 9. The molecule has 11 heteroatoms. The fourth-order valence-electron chi connectivity index (χ4n) is 4.82. The van der Waals surface area contributed by atoms with Gasteiger partial charge in [-0.1, -0.05) is 24.3 Å². The molecule has 2 N–H and O–H groups in total. The number of hydrogen-bond acceptors (Lipinski definition) is 8. The van der Waals surface area contributed by atoms with Crippen LogP contribution in [0.1, 0.15) is 34.8 Å². The van der Waals surface area contributed by atoms with Gasteiger partial charge in [-0.3, -0.25) is 9.59 Å². The van der Waals surface area contributed by atoms with Crippen molar-refractivity contribution >= 4 is 44.1 Å². The van der Waals surface area contributed by atoms with Crippen molar-refractivity contribution in [3.63, 3.8) is 0 Å². The molecule has 1 fully saturated rings. The van der Waals surface area contributed by atoms with Crippen LogP contribution in [0.2, 0.25) is 0 Å². The molecule has 0 radical (unpaired) electrons. The molecule has 2 unspecified atom stereocenters. The number of Topliss-reactive ketones (excluding diaryl/α,β-unsaturated/α-hetero) is 1. The summed E-state index contributed by atoms with van der Waals surface area (Å²) in [7, 11) is -2.26. The second-order valence-electron chi connectivity index (χ2n) is 9.87. The van der Waals surface area contributed by atoms with Crippen molar-refractivity contribution in [2.45, 2.75) is 31.0 Å². The van der Waals surface area contributed by atoms with E-state index < -0.39 is 15.9 Å². The molecule has 0 spiro atoms. The van der Waals surface area contributed by atoms with Crippen molar-refractivity contribution < 1.29 is 31.9 Å². The Balaban J connectivity index is 1.35. The van der Waals surface area contributed by atoms with E-state index in [-0.39, 0.29) is 53.8 Å². The Morgan fingerprint density at radius 2 is 1.68 bits per heavy atom. The molecule has 5 rings (SSSR count). The zero-order chi connectivity index (χ0) is 29.1. The number of anilines is 2. The number of methoxy groups -OCH3 is 1. The number of para-hydroxylation sites is 1. The van der Waals surface area contributed by atoms with Crippen molar-refractivity contribution in [3.8, 4) is 5.75 Å². The Kier molecular flexibility index (Phi) is 8.11. The van der Waals surface area contributed by atoms with Gasteiger partial charge in [-0.25, -0.2) is 8.42 Å². The van der Waals surface area contributed by atoms with E-state index in [2.05, 4.69) is 10.6 Å². The van der Waals surface area contributed by atoms with Gasteiger partial charge >= 0.3 is 0 Å². The molecule has 4 aromatic rings. The van der Waals surface area contributed by atoms with Crippen LogP contribution in [0.25, 0.3) is 11.0 Å². The zero-order valence-electron chi connectivity index (χ0n) is 22.9. The van der Waals surface area contributed by atoms with Gasteiger partial charge in [-0.05, 0) is 62.4 Å². The number of ketones is 1.